The molecule has 28 heavy (non-hydrogen) atoms. The molecule has 0 aromatic carbocycles. The van der Waals surface area contributed by atoms with Crippen molar-refractivity contribution in [2.75, 3.05) is 26.4 Å². The Morgan fingerprint density at radius 1 is 0.500 bits per heavy atom. The lowest BCUT2D eigenvalue weighted by atomic mass is 10.1. The summed E-state index contributed by atoms with van der Waals surface area (Å²) < 4.78 is 15.7. The van der Waals surface area contributed by atoms with Crippen LogP contribution < -0.4 is 0 Å². The number of hydrogen-bond acceptors (Lipinski definition) is 5. The molecule has 0 aliphatic heterocycles. The largest absolute Gasteiger partial charge is 0.466 e. The molecule has 0 bridgehead atoms. The van der Waals surface area contributed by atoms with Crippen molar-refractivity contribution in [1.82, 2.24) is 0 Å². The van der Waals surface area contributed by atoms with Crippen molar-refractivity contribution in [3.8, 4) is 0 Å². The second kappa shape index (κ2) is 22.2. The van der Waals surface area contributed by atoms with Crippen LogP contribution in [0.1, 0.15) is 110 Å². The average Bonchev–Trinajstić information content (AvgIpc) is 2.69. The number of carbonyl (C=O) groups is 2. The second-order valence-electron chi connectivity index (χ2n) is 7.44. The topological polar surface area (TPSA) is 61.8 Å². The molecule has 0 aromatic rings. The van der Waals surface area contributed by atoms with E-state index in [-0.39, 0.29) is 11.9 Å². The standard InChI is InChI=1S/C23H44O5/c1-3-5-7-8-9-10-11-12-15-19-27-22(24)16-13-14-17-23(25)28-21-20-26-18-6-4-2/h3-21H2,1-2H3. The van der Waals surface area contributed by atoms with Crippen LogP contribution in [0.5, 0.6) is 0 Å². The second-order valence-corrected chi connectivity index (χ2v) is 7.44. The molecule has 0 saturated carbocycles. The highest BCUT2D eigenvalue weighted by Crippen LogP contribution is 2.10. The number of hydrogen-bond donors (Lipinski definition) is 0. The minimum Gasteiger partial charge on any atom is -0.466 e. The van der Waals surface area contributed by atoms with Crippen molar-refractivity contribution < 1.29 is 23.8 Å². The Bertz CT molecular complexity index is 357. The summed E-state index contributed by atoms with van der Waals surface area (Å²) in [4.78, 5) is 23.2. The summed E-state index contributed by atoms with van der Waals surface area (Å²) in [5.41, 5.74) is 0. The molecular weight excluding hydrogens is 356 g/mol. The summed E-state index contributed by atoms with van der Waals surface area (Å²) in [5.74, 6) is -0.376. The monoisotopic (exact) mass is 400 g/mol. The number of carbonyl (C=O) groups excluding carboxylic acids is 2. The predicted octanol–water partition coefficient (Wildman–Crippen LogP) is 5.98. The van der Waals surface area contributed by atoms with Gasteiger partial charge in [-0.15, -0.1) is 0 Å². The van der Waals surface area contributed by atoms with E-state index in [1.807, 2.05) is 0 Å². The summed E-state index contributed by atoms with van der Waals surface area (Å²) in [7, 11) is 0. The molecule has 0 saturated heterocycles. The van der Waals surface area contributed by atoms with Crippen LogP contribution in [0.25, 0.3) is 0 Å². The third-order valence-corrected chi connectivity index (χ3v) is 4.66. The Morgan fingerprint density at radius 2 is 1.00 bits per heavy atom. The first-order valence-corrected chi connectivity index (χ1v) is 11.6. The molecule has 0 N–H and O–H groups in total. The zero-order chi connectivity index (χ0) is 20.7. The van der Waals surface area contributed by atoms with E-state index < -0.39 is 0 Å². The minimum absolute atomic E-state index is 0.155. The normalized spacial score (nSPS) is 10.8. The summed E-state index contributed by atoms with van der Waals surface area (Å²) in [5, 5.41) is 0. The van der Waals surface area contributed by atoms with Gasteiger partial charge in [-0.05, 0) is 25.7 Å². The zero-order valence-electron chi connectivity index (χ0n) is 18.5. The van der Waals surface area contributed by atoms with E-state index in [2.05, 4.69) is 13.8 Å². The highest BCUT2D eigenvalue weighted by Gasteiger charge is 2.06. The van der Waals surface area contributed by atoms with E-state index in [4.69, 9.17) is 14.2 Å². The smallest absolute Gasteiger partial charge is 0.305 e. The van der Waals surface area contributed by atoms with Crippen LogP contribution in [0, 0.1) is 0 Å². The van der Waals surface area contributed by atoms with E-state index in [1.165, 1.54) is 44.9 Å². The molecule has 0 atom stereocenters. The van der Waals surface area contributed by atoms with Crippen LogP contribution in [-0.2, 0) is 23.8 Å². The average molecular weight is 401 g/mol. The summed E-state index contributed by atoms with van der Waals surface area (Å²) in [6, 6.07) is 0. The molecule has 0 rings (SSSR count). The molecule has 0 aliphatic carbocycles. The Hall–Kier alpha value is -1.10. The predicted molar refractivity (Wildman–Crippen MR) is 113 cm³/mol. The van der Waals surface area contributed by atoms with Crippen molar-refractivity contribution in [2.24, 2.45) is 0 Å². The Balaban J connectivity index is 3.29. The third kappa shape index (κ3) is 21.2. The summed E-state index contributed by atoms with van der Waals surface area (Å²) in [6.07, 6.45) is 15.5. The van der Waals surface area contributed by atoms with Gasteiger partial charge in [-0.1, -0.05) is 71.6 Å². The third-order valence-electron chi connectivity index (χ3n) is 4.66. The van der Waals surface area contributed by atoms with Crippen LogP contribution in [0.3, 0.4) is 0 Å². The van der Waals surface area contributed by atoms with Gasteiger partial charge in [0.05, 0.1) is 13.2 Å². The molecule has 0 aromatic heterocycles. The van der Waals surface area contributed by atoms with E-state index in [9.17, 15) is 9.59 Å². The molecule has 0 spiro atoms. The summed E-state index contributed by atoms with van der Waals surface area (Å²) >= 11 is 0. The number of esters is 2. The van der Waals surface area contributed by atoms with Crippen LogP contribution in [0.2, 0.25) is 0 Å². The Labute approximate surface area is 172 Å². The molecule has 5 nitrogen and oxygen atoms in total. The van der Waals surface area contributed by atoms with E-state index in [0.717, 1.165) is 32.3 Å². The highest BCUT2D eigenvalue weighted by molar-refractivity contribution is 5.70. The maximum atomic E-state index is 11.7. The molecular formula is C23H44O5. The van der Waals surface area contributed by atoms with Crippen molar-refractivity contribution in [2.45, 2.75) is 110 Å². The quantitative estimate of drug-likeness (QED) is 0.175. The van der Waals surface area contributed by atoms with Gasteiger partial charge in [0, 0.05) is 19.4 Å². The van der Waals surface area contributed by atoms with Gasteiger partial charge in [-0.2, -0.15) is 0 Å². The van der Waals surface area contributed by atoms with Crippen molar-refractivity contribution >= 4 is 11.9 Å². The van der Waals surface area contributed by atoms with Gasteiger partial charge >= 0.3 is 11.9 Å². The number of unbranched alkanes of at least 4 members (excludes halogenated alkanes) is 10. The maximum absolute atomic E-state index is 11.7. The first-order valence-electron chi connectivity index (χ1n) is 11.6. The van der Waals surface area contributed by atoms with Gasteiger partial charge in [0.1, 0.15) is 6.61 Å². The summed E-state index contributed by atoms with van der Waals surface area (Å²) in [6.45, 7) is 6.35. The van der Waals surface area contributed by atoms with Gasteiger partial charge < -0.3 is 14.2 Å². The molecule has 0 amide bonds. The van der Waals surface area contributed by atoms with E-state index in [1.54, 1.807) is 0 Å². The lowest BCUT2D eigenvalue weighted by Crippen LogP contribution is -2.11. The molecule has 0 aliphatic rings. The van der Waals surface area contributed by atoms with Crippen LogP contribution in [0.15, 0.2) is 0 Å². The van der Waals surface area contributed by atoms with Crippen molar-refractivity contribution in [3.63, 3.8) is 0 Å². The van der Waals surface area contributed by atoms with Gasteiger partial charge in [0.2, 0.25) is 0 Å². The first kappa shape index (κ1) is 26.9. The molecule has 0 fully saturated rings. The van der Waals surface area contributed by atoms with Crippen LogP contribution in [0.4, 0.5) is 0 Å². The maximum Gasteiger partial charge on any atom is 0.305 e. The zero-order valence-corrected chi connectivity index (χ0v) is 18.5. The van der Waals surface area contributed by atoms with Gasteiger partial charge in [0.25, 0.3) is 0 Å². The minimum atomic E-state index is -0.220. The Kier molecular flexibility index (Phi) is 21.3. The number of ether oxygens (including phenoxy) is 3. The first-order chi connectivity index (χ1) is 13.7. The molecule has 166 valence electrons. The fourth-order valence-corrected chi connectivity index (χ4v) is 2.84. The van der Waals surface area contributed by atoms with Gasteiger partial charge in [-0.25, -0.2) is 0 Å². The van der Waals surface area contributed by atoms with Crippen LogP contribution >= 0.6 is 0 Å². The molecule has 0 radical (unpaired) electrons. The molecule has 0 unspecified atom stereocenters. The van der Waals surface area contributed by atoms with Gasteiger partial charge in [-0.3, -0.25) is 9.59 Å². The Morgan fingerprint density at radius 3 is 1.57 bits per heavy atom. The molecule has 5 heteroatoms. The van der Waals surface area contributed by atoms with Gasteiger partial charge in [0.15, 0.2) is 0 Å². The lowest BCUT2D eigenvalue weighted by molar-refractivity contribution is -0.146. The van der Waals surface area contributed by atoms with Crippen molar-refractivity contribution in [3.05, 3.63) is 0 Å². The number of rotatable bonds is 21. The van der Waals surface area contributed by atoms with E-state index in [0.29, 0.717) is 45.5 Å². The fourth-order valence-electron chi connectivity index (χ4n) is 2.84. The van der Waals surface area contributed by atoms with Crippen molar-refractivity contribution in [1.29, 1.82) is 0 Å². The molecule has 0 heterocycles. The fraction of sp³-hybridized carbons (Fsp3) is 0.913. The lowest BCUT2D eigenvalue weighted by Gasteiger charge is -2.06. The highest BCUT2D eigenvalue weighted by atomic mass is 16.6. The SMILES string of the molecule is CCCCCCCCCCCOC(=O)CCCCC(=O)OCCOCCCC. The van der Waals surface area contributed by atoms with E-state index >= 15 is 0 Å². The van der Waals surface area contributed by atoms with Crippen LogP contribution in [-0.4, -0.2) is 38.4 Å².